The van der Waals surface area contributed by atoms with Gasteiger partial charge in [0.1, 0.15) is 12.2 Å². The first-order valence-corrected chi connectivity index (χ1v) is 4.58. The molecule has 1 aromatic carbocycles. The highest BCUT2D eigenvalue weighted by molar-refractivity contribution is 5.27. The van der Waals surface area contributed by atoms with Crippen LogP contribution in [0.2, 0.25) is 0 Å². The summed E-state index contributed by atoms with van der Waals surface area (Å²) in [6.07, 6.45) is -0.257. The summed E-state index contributed by atoms with van der Waals surface area (Å²) in [6.45, 7) is 3.82. The molecule has 2 heteroatoms. The predicted molar refractivity (Wildman–Crippen MR) is 50.5 cm³/mol. The van der Waals surface area contributed by atoms with Crippen molar-refractivity contribution in [1.29, 1.82) is 0 Å². The molecule has 0 amide bonds. The van der Waals surface area contributed by atoms with E-state index in [0.29, 0.717) is 0 Å². The van der Waals surface area contributed by atoms with Gasteiger partial charge in [-0.1, -0.05) is 29.8 Å². The topological polar surface area (TPSA) is 32.8 Å². The number of aliphatic hydroxyl groups is 1. The number of aryl methyl sites for hydroxylation is 1. The summed E-state index contributed by atoms with van der Waals surface area (Å²) in [5.74, 6) is 0. The van der Waals surface area contributed by atoms with Gasteiger partial charge in [-0.3, -0.25) is 0 Å². The SMILES string of the molecule is Cc1cccc([C@@H]2O[C@H]2[C@@H](C)O)c1. The number of aliphatic hydroxyl groups excluding tert-OH is 1. The fourth-order valence-electron chi connectivity index (χ4n) is 1.61. The Morgan fingerprint density at radius 3 is 2.77 bits per heavy atom. The first kappa shape index (κ1) is 8.73. The van der Waals surface area contributed by atoms with Gasteiger partial charge < -0.3 is 9.84 Å². The molecule has 3 atom stereocenters. The fraction of sp³-hybridized carbons (Fsp3) is 0.455. The van der Waals surface area contributed by atoms with Crippen molar-refractivity contribution < 1.29 is 9.84 Å². The van der Waals surface area contributed by atoms with Gasteiger partial charge in [-0.25, -0.2) is 0 Å². The van der Waals surface area contributed by atoms with Crippen molar-refractivity contribution in [3.05, 3.63) is 35.4 Å². The minimum Gasteiger partial charge on any atom is -0.391 e. The van der Waals surface area contributed by atoms with Crippen LogP contribution in [0.1, 0.15) is 24.2 Å². The fourth-order valence-corrected chi connectivity index (χ4v) is 1.61. The maximum Gasteiger partial charge on any atom is 0.114 e. The Hall–Kier alpha value is -0.860. The molecule has 0 bridgehead atoms. The summed E-state index contributed by atoms with van der Waals surface area (Å²) in [5, 5.41) is 9.27. The second-order valence-electron chi connectivity index (χ2n) is 3.68. The Balaban J connectivity index is 2.12. The normalized spacial score (nSPS) is 28.5. The lowest BCUT2D eigenvalue weighted by molar-refractivity contribution is 0.152. The number of hydrogen-bond donors (Lipinski definition) is 1. The molecule has 2 nitrogen and oxygen atoms in total. The summed E-state index contributed by atoms with van der Waals surface area (Å²) in [5.41, 5.74) is 2.41. The van der Waals surface area contributed by atoms with E-state index in [4.69, 9.17) is 4.74 Å². The standard InChI is InChI=1S/C11H14O2/c1-7-4-3-5-9(6-7)11-10(13-11)8(2)12/h3-6,8,10-12H,1-2H3/t8-,10+,11+/m1/s1. The van der Waals surface area contributed by atoms with Crippen molar-refractivity contribution in [2.75, 3.05) is 0 Å². The predicted octanol–water partition coefficient (Wildman–Crippen LogP) is 1.82. The molecule has 1 aromatic rings. The van der Waals surface area contributed by atoms with E-state index in [1.165, 1.54) is 11.1 Å². The van der Waals surface area contributed by atoms with Crippen molar-refractivity contribution in [2.24, 2.45) is 0 Å². The molecule has 0 aromatic heterocycles. The van der Waals surface area contributed by atoms with Crippen molar-refractivity contribution in [3.8, 4) is 0 Å². The molecule has 1 heterocycles. The molecular weight excluding hydrogens is 164 g/mol. The van der Waals surface area contributed by atoms with E-state index in [1.807, 2.05) is 12.1 Å². The van der Waals surface area contributed by atoms with E-state index >= 15 is 0 Å². The van der Waals surface area contributed by atoms with Gasteiger partial charge in [-0.15, -0.1) is 0 Å². The van der Waals surface area contributed by atoms with Gasteiger partial charge in [0.25, 0.3) is 0 Å². The van der Waals surface area contributed by atoms with Crippen LogP contribution in [0.5, 0.6) is 0 Å². The third kappa shape index (κ3) is 1.74. The number of hydrogen-bond acceptors (Lipinski definition) is 2. The second kappa shape index (κ2) is 3.13. The van der Waals surface area contributed by atoms with E-state index in [-0.39, 0.29) is 18.3 Å². The summed E-state index contributed by atoms with van der Waals surface area (Å²) >= 11 is 0. The summed E-state index contributed by atoms with van der Waals surface area (Å²) in [4.78, 5) is 0. The van der Waals surface area contributed by atoms with Gasteiger partial charge in [0.2, 0.25) is 0 Å². The number of benzene rings is 1. The molecule has 13 heavy (non-hydrogen) atoms. The van der Waals surface area contributed by atoms with Gasteiger partial charge in [-0.05, 0) is 19.4 Å². The number of rotatable bonds is 2. The van der Waals surface area contributed by atoms with Crippen LogP contribution in [0.15, 0.2) is 24.3 Å². The zero-order valence-corrected chi connectivity index (χ0v) is 7.90. The summed E-state index contributed by atoms with van der Waals surface area (Å²) in [7, 11) is 0. The third-order valence-corrected chi connectivity index (χ3v) is 2.37. The van der Waals surface area contributed by atoms with E-state index in [0.717, 1.165) is 0 Å². The van der Waals surface area contributed by atoms with Gasteiger partial charge in [-0.2, -0.15) is 0 Å². The average molecular weight is 178 g/mol. The van der Waals surface area contributed by atoms with Crippen LogP contribution in [0.4, 0.5) is 0 Å². The molecule has 0 spiro atoms. The maximum atomic E-state index is 9.27. The first-order valence-electron chi connectivity index (χ1n) is 4.58. The lowest BCUT2D eigenvalue weighted by atomic mass is 10.1. The highest BCUT2D eigenvalue weighted by atomic mass is 16.6. The van der Waals surface area contributed by atoms with Crippen LogP contribution in [-0.2, 0) is 4.74 Å². The van der Waals surface area contributed by atoms with Gasteiger partial charge in [0, 0.05) is 0 Å². The molecule has 70 valence electrons. The van der Waals surface area contributed by atoms with E-state index in [9.17, 15) is 5.11 Å². The monoisotopic (exact) mass is 178 g/mol. The Morgan fingerprint density at radius 1 is 1.46 bits per heavy atom. The molecular formula is C11H14O2. The smallest absolute Gasteiger partial charge is 0.114 e. The van der Waals surface area contributed by atoms with Crippen LogP contribution in [0.25, 0.3) is 0 Å². The lowest BCUT2D eigenvalue weighted by Crippen LogP contribution is -2.09. The zero-order chi connectivity index (χ0) is 9.42. The average Bonchev–Trinajstić information content (AvgIpc) is 2.82. The lowest BCUT2D eigenvalue weighted by Gasteiger charge is -1.99. The van der Waals surface area contributed by atoms with Crippen molar-refractivity contribution in [3.63, 3.8) is 0 Å². The highest BCUT2D eigenvalue weighted by Gasteiger charge is 2.43. The molecule has 0 radical (unpaired) electrons. The molecule has 0 aliphatic carbocycles. The maximum absolute atomic E-state index is 9.27. The molecule has 2 rings (SSSR count). The first-order chi connectivity index (χ1) is 6.18. The molecule has 0 saturated carbocycles. The van der Waals surface area contributed by atoms with E-state index < -0.39 is 0 Å². The van der Waals surface area contributed by atoms with Crippen molar-refractivity contribution in [2.45, 2.75) is 32.2 Å². The van der Waals surface area contributed by atoms with E-state index in [1.54, 1.807) is 6.92 Å². The van der Waals surface area contributed by atoms with Gasteiger partial charge in [0.05, 0.1) is 6.10 Å². The number of epoxide rings is 1. The van der Waals surface area contributed by atoms with Gasteiger partial charge in [0.15, 0.2) is 0 Å². The second-order valence-corrected chi connectivity index (χ2v) is 3.68. The molecule has 1 N–H and O–H groups in total. The molecule has 1 fully saturated rings. The Morgan fingerprint density at radius 2 is 2.23 bits per heavy atom. The molecule has 1 aliphatic rings. The van der Waals surface area contributed by atoms with E-state index in [2.05, 4.69) is 19.1 Å². The summed E-state index contributed by atoms with van der Waals surface area (Å²) in [6, 6.07) is 8.22. The Kier molecular flexibility index (Phi) is 2.10. The minimum absolute atomic E-state index is 0.00167. The van der Waals surface area contributed by atoms with Crippen molar-refractivity contribution in [1.82, 2.24) is 0 Å². The van der Waals surface area contributed by atoms with Crippen LogP contribution >= 0.6 is 0 Å². The van der Waals surface area contributed by atoms with Crippen LogP contribution in [0.3, 0.4) is 0 Å². The molecule has 0 unspecified atom stereocenters. The van der Waals surface area contributed by atoms with Crippen LogP contribution in [0, 0.1) is 6.92 Å². The van der Waals surface area contributed by atoms with Crippen molar-refractivity contribution >= 4 is 0 Å². The third-order valence-electron chi connectivity index (χ3n) is 2.37. The largest absolute Gasteiger partial charge is 0.391 e. The Bertz CT molecular complexity index is 307. The molecule has 1 aliphatic heterocycles. The zero-order valence-electron chi connectivity index (χ0n) is 7.90. The quantitative estimate of drug-likeness (QED) is 0.700. The number of ether oxygens (including phenoxy) is 1. The highest BCUT2D eigenvalue weighted by Crippen LogP contribution is 2.40. The Labute approximate surface area is 78.2 Å². The summed E-state index contributed by atoms with van der Waals surface area (Å²) < 4.78 is 5.37. The molecule has 1 saturated heterocycles. The van der Waals surface area contributed by atoms with Gasteiger partial charge >= 0.3 is 0 Å². The van der Waals surface area contributed by atoms with Crippen LogP contribution in [-0.4, -0.2) is 17.3 Å². The van der Waals surface area contributed by atoms with Crippen LogP contribution < -0.4 is 0 Å². The minimum atomic E-state index is -0.370.